The standard InChI is InChI=1S/C9H10Cl2N2/c10-6-4-7(9(11)13-5-6)8-2-1-3-12-8/h4-5,8,12H,1-3H2/t8-/m0/s1. The number of aromatic nitrogens is 1. The summed E-state index contributed by atoms with van der Waals surface area (Å²) in [4.78, 5) is 4.02. The second-order valence-corrected chi connectivity index (χ2v) is 3.98. The summed E-state index contributed by atoms with van der Waals surface area (Å²) < 4.78 is 0. The number of nitrogens with one attached hydrogen (secondary N) is 1. The van der Waals surface area contributed by atoms with Crippen LogP contribution in [-0.4, -0.2) is 11.5 Å². The van der Waals surface area contributed by atoms with Crippen LogP contribution < -0.4 is 5.32 Å². The Balaban J connectivity index is 2.32. The van der Waals surface area contributed by atoms with Crippen molar-refractivity contribution in [2.24, 2.45) is 0 Å². The minimum atomic E-state index is 0.332. The first-order valence-electron chi connectivity index (χ1n) is 4.31. The van der Waals surface area contributed by atoms with Gasteiger partial charge < -0.3 is 5.32 Å². The number of hydrogen-bond acceptors (Lipinski definition) is 2. The van der Waals surface area contributed by atoms with Gasteiger partial charge in [0.2, 0.25) is 0 Å². The van der Waals surface area contributed by atoms with Gasteiger partial charge in [-0.25, -0.2) is 4.98 Å². The zero-order chi connectivity index (χ0) is 9.26. The van der Waals surface area contributed by atoms with E-state index in [0.29, 0.717) is 16.2 Å². The molecule has 0 spiro atoms. The molecule has 0 aromatic carbocycles. The molecular weight excluding hydrogens is 207 g/mol. The van der Waals surface area contributed by atoms with Gasteiger partial charge in [0.1, 0.15) is 5.15 Å². The molecule has 0 radical (unpaired) electrons. The molecule has 2 nitrogen and oxygen atoms in total. The van der Waals surface area contributed by atoms with E-state index in [4.69, 9.17) is 23.2 Å². The Labute approximate surface area is 87.3 Å². The SMILES string of the molecule is Clc1cnc(Cl)c([C@@H]2CCCN2)c1. The third-order valence-electron chi connectivity index (χ3n) is 2.27. The second kappa shape index (κ2) is 3.82. The van der Waals surface area contributed by atoms with Crippen molar-refractivity contribution in [3.63, 3.8) is 0 Å². The van der Waals surface area contributed by atoms with E-state index < -0.39 is 0 Å². The smallest absolute Gasteiger partial charge is 0.133 e. The Kier molecular flexibility index (Phi) is 2.72. The minimum Gasteiger partial charge on any atom is -0.310 e. The molecule has 70 valence electrons. The van der Waals surface area contributed by atoms with Crippen molar-refractivity contribution in [3.05, 3.63) is 28.0 Å². The molecule has 1 aliphatic rings. The van der Waals surface area contributed by atoms with Crippen LogP contribution in [0.15, 0.2) is 12.3 Å². The van der Waals surface area contributed by atoms with E-state index in [-0.39, 0.29) is 0 Å². The summed E-state index contributed by atoms with van der Waals surface area (Å²) in [5, 5.41) is 4.56. The lowest BCUT2D eigenvalue weighted by molar-refractivity contribution is 0.645. The van der Waals surface area contributed by atoms with Crippen LogP contribution in [0.3, 0.4) is 0 Å². The number of pyridine rings is 1. The first kappa shape index (κ1) is 9.25. The van der Waals surface area contributed by atoms with Crippen molar-refractivity contribution in [2.45, 2.75) is 18.9 Å². The van der Waals surface area contributed by atoms with E-state index in [1.807, 2.05) is 6.07 Å². The highest BCUT2D eigenvalue weighted by molar-refractivity contribution is 6.32. The maximum Gasteiger partial charge on any atom is 0.133 e. The lowest BCUT2D eigenvalue weighted by Crippen LogP contribution is -2.13. The molecule has 0 amide bonds. The van der Waals surface area contributed by atoms with Crippen LogP contribution in [0.25, 0.3) is 0 Å². The molecule has 1 aliphatic heterocycles. The number of halogens is 2. The Bertz CT molecular complexity index is 308. The molecule has 1 aromatic heterocycles. The average molecular weight is 217 g/mol. The lowest BCUT2D eigenvalue weighted by Gasteiger charge is -2.11. The predicted molar refractivity (Wildman–Crippen MR) is 54.2 cm³/mol. The summed E-state index contributed by atoms with van der Waals surface area (Å²) in [6, 6.07) is 2.22. The predicted octanol–water partition coefficient (Wildman–Crippen LogP) is 2.81. The van der Waals surface area contributed by atoms with Crippen molar-refractivity contribution in [2.75, 3.05) is 6.54 Å². The molecule has 0 unspecified atom stereocenters. The number of rotatable bonds is 1. The van der Waals surface area contributed by atoms with Crippen molar-refractivity contribution in [1.82, 2.24) is 10.3 Å². The van der Waals surface area contributed by atoms with E-state index >= 15 is 0 Å². The Hall–Kier alpha value is -0.310. The second-order valence-electron chi connectivity index (χ2n) is 3.18. The van der Waals surface area contributed by atoms with Crippen LogP contribution in [0.5, 0.6) is 0 Å². The number of nitrogens with zero attached hydrogens (tertiary/aromatic N) is 1. The van der Waals surface area contributed by atoms with Gasteiger partial charge in [0.15, 0.2) is 0 Å². The number of hydrogen-bond donors (Lipinski definition) is 1. The van der Waals surface area contributed by atoms with Crippen molar-refractivity contribution in [1.29, 1.82) is 0 Å². The third-order valence-corrected chi connectivity index (χ3v) is 2.79. The van der Waals surface area contributed by atoms with Crippen molar-refractivity contribution < 1.29 is 0 Å². The van der Waals surface area contributed by atoms with Crippen LogP contribution in [0.1, 0.15) is 24.4 Å². The third kappa shape index (κ3) is 1.96. The van der Waals surface area contributed by atoms with Gasteiger partial charge in [-0.05, 0) is 25.5 Å². The molecule has 0 bridgehead atoms. The summed E-state index contributed by atoms with van der Waals surface area (Å²) in [7, 11) is 0. The molecule has 1 N–H and O–H groups in total. The van der Waals surface area contributed by atoms with Gasteiger partial charge in [0, 0.05) is 17.8 Å². The van der Waals surface area contributed by atoms with Gasteiger partial charge >= 0.3 is 0 Å². The van der Waals surface area contributed by atoms with Crippen LogP contribution in [0.4, 0.5) is 0 Å². The van der Waals surface area contributed by atoms with Gasteiger partial charge in [-0.2, -0.15) is 0 Å². The molecule has 2 heterocycles. The Morgan fingerprint density at radius 1 is 1.46 bits per heavy atom. The zero-order valence-electron chi connectivity index (χ0n) is 7.06. The minimum absolute atomic E-state index is 0.332. The summed E-state index contributed by atoms with van der Waals surface area (Å²) in [5.41, 5.74) is 1.02. The molecule has 0 aliphatic carbocycles. The topological polar surface area (TPSA) is 24.9 Å². The van der Waals surface area contributed by atoms with Crippen molar-refractivity contribution >= 4 is 23.2 Å². The van der Waals surface area contributed by atoms with Crippen molar-refractivity contribution in [3.8, 4) is 0 Å². The van der Waals surface area contributed by atoms with Crippen LogP contribution in [0.2, 0.25) is 10.2 Å². The van der Waals surface area contributed by atoms with E-state index in [0.717, 1.165) is 18.5 Å². The fourth-order valence-corrected chi connectivity index (χ4v) is 2.03. The van der Waals surface area contributed by atoms with E-state index in [2.05, 4.69) is 10.3 Å². The molecule has 2 rings (SSSR count). The maximum absolute atomic E-state index is 5.97. The van der Waals surface area contributed by atoms with Crippen LogP contribution in [0, 0.1) is 0 Å². The molecule has 0 saturated carbocycles. The maximum atomic E-state index is 5.97. The molecule has 1 saturated heterocycles. The van der Waals surface area contributed by atoms with Crippen LogP contribution >= 0.6 is 23.2 Å². The first-order chi connectivity index (χ1) is 6.27. The van der Waals surface area contributed by atoms with Gasteiger partial charge in [-0.3, -0.25) is 0 Å². The molecule has 4 heteroatoms. The highest BCUT2D eigenvalue weighted by Crippen LogP contribution is 2.29. The normalized spacial score (nSPS) is 22.2. The van der Waals surface area contributed by atoms with E-state index in [1.165, 1.54) is 6.42 Å². The van der Waals surface area contributed by atoms with Gasteiger partial charge in [-0.15, -0.1) is 0 Å². The van der Waals surface area contributed by atoms with E-state index in [1.54, 1.807) is 6.20 Å². The molecule has 1 aromatic rings. The Morgan fingerprint density at radius 3 is 3.00 bits per heavy atom. The molecule has 1 fully saturated rings. The largest absolute Gasteiger partial charge is 0.310 e. The van der Waals surface area contributed by atoms with E-state index in [9.17, 15) is 0 Å². The molecule has 1 atom stereocenters. The monoisotopic (exact) mass is 216 g/mol. The fraction of sp³-hybridized carbons (Fsp3) is 0.444. The highest BCUT2D eigenvalue weighted by Gasteiger charge is 2.19. The fourth-order valence-electron chi connectivity index (χ4n) is 1.63. The summed E-state index contributed by atoms with van der Waals surface area (Å²) in [6.45, 7) is 1.05. The first-order valence-corrected chi connectivity index (χ1v) is 5.07. The molecule has 13 heavy (non-hydrogen) atoms. The zero-order valence-corrected chi connectivity index (χ0v) is 8.57. The highest BCUT2D eigenvalue weighted by atomic mass is 35.5. The summed E-state index contributed by atoms with van der Waals surface area (Å²) >= 11 is 11.8. The van der Waals surface area contributed by atoms with Gasteiger partial charge in [0.05, 0.1) is 5.02 Å². The van der Waals surface area contributed by atoms with Gasteiger partial charge in [0.25, 0.3) is 0 Å². The summed E-state index contributed by atoms with van der Waals surface area (Å²) in [6.07, 6.45) is 3.87. The van der Waals surface area contributed by atoms with Gasteiger partial charge in [-0.1, -0.05) is 23.2 Å². The lowest BCUT2D eigenvalue weighted by atomic mass is 10.1. The molecular formula is C9H10Cl2N2. The Morgan fingerprint density at radius 2 is 2.31 bits per heavy atom. The summed E-state index contributed by atoms with van der Waals surface area (Å²) in [5.74, 6) is 0. The quantitative estimate of drug-likeness (QED) is 0.731. The van der Waals surface area contributed by atoms with Crippen LogP contribution in [-0.2, 0) is 0 Å². The average Bonchev–Trinajstić information content (AvgIpc) is 2.61.